The van der Waals surface area contributed by atoms with Gasteiger partial charge in [-0.05, 0) is 36.4 Å². The summed E-state index contributed by atoms with van der Waals surface area (Å²) in [5.74, 6) is 0.932. The zero-order valence-electron chi connectivity index (χ0n) is 13.3. The Morgan fingerprint density at radius 2 is 1.67 bits per heavy atom. The summed E-state index contributed by atoms with van der Waals surface area (Å²) in [5.41, 5.74) is 1.15. The molecular formula is C18H20Cl2N2O2. The summed E-state index contributed by atoms with van der Waals surface area (Å²) < 4.78 is 5.75. The van der Waals surface area contributed by atoms with E-state index in [1.807, 2.05) is 12.1 Å². The van der Waals surface area contributed by atoms with Crippen LogP contribution < -0.4 is 9.64 Å². The van der Waals surface area contributed by atoms with Gasteiger partial charge in [0.1, 0.15) is 18.1 Å². The van der Waals surface area contributed by atoms with E-state index >= 15 is 0 Å². The van der Waals surface area contributed by atoms with Crippen LogP contribution >= 0.6 is 23.2 Å². The van der Waals surface area contributed by atoms with Gasteiger partial charge in [0.05, 0.1) is 5.02 Å². The highest BCUT2D eigenvalue weighted by molar-refractivity contribution is 6.34. The highest BCUT2D eigenvalue weighted by atomic mass is 35.5. The van der Waals surface area contributed by atoms with Crippen LogP contribution in [0.2, 0.25) is 10.0 Å². The number of benzene rings is 2. The van der Waals surface area contributed by atoms with E-state index in [9.17, 15) is 5.11 Å². The Morgan fingerprint density at radius 1 is 0.958 bits per heavy atom. The van der Waals surface area contributed by atoms with E-state index < -0.39 is 0 Å². The number of ether oxygens (including phenoxy) is 1. The Bertz CT molecular complexity index is 671. The van der Waals surface area contributed by atoms with Gasteiger partial charge in [-0.15, -0.1) is 0 Å². The molecule has 0 unspecified atom stereocenters. The molecule has 1 heterocycles. The summed E-state index contributed by atoms with van der Waals surface area (Å²) in [6, 6.07) is 12.6. The number of aromatic hydroxyl groups is 1. The highest BCUT2D eigenvalue weighted by Crippen LogP contribution is 2.27. The Morgan fingerprint density at radius 3 is 2.38 bits per heavy atom. The Labute approximate surface area is 152 Å². The van der Waals surface area contributed by atoms with Crippen molar-refractivity contribution >= 4 is 28.9 Å². The van der Waals surface area contributed by atoms with E-state index in [0.717, 1.165) is 38.4 Å². The first kappa shape index (κ1) is 17.2. The predicted octanol–water partition coefficient (Wildman–Crippen LogP) is 3.90. The minimum Gasteiger partial charge on any atom is -0.508 e. The van der Waals surface area contributed by atoms with Crippen molar-refractivity contribution < 1.29 is 9.84 Å². The van der Waals surface area contributed by atoms with E-state index in [2.05, 4.69) is 9.80 Å². The number of phenolic OH excluding ortho intramolecular Hbond substituents is 1. The molecule has 1 fully saturated rings. The van der Waals surface area contributed by atoms with Gasteiger partial charge < -0.3 is 14.7 Å². The van der Waals surface area contributed by atoms with Crippen LogP contribution in [0.3, 0.4) is 0 Å². The van der Waals surface area contributed by atoms with Crippen molar-refractivity contribution in [3.8, 4) is 11.5 Å². The molecule has 4 nitrogen and oxygen atoms in total. The molecule has 2 aromatic rings. The van der Waals surface area contributed by atoms with Crippen molar-refractivity contribution in [2.24, 2.45) is 0 Å². The molecule has 0 atom stereocenters. The number of phenols is 1. The fourth-order valence-electron chi connectivity index (χ4n) is 2.77. The third-order valence-electron chi connectivity index (χ3n) is 4.15. The maximum absolute atomic E-state index is 9.37. The first-order valence-corrected chi connectivity index (χ1v) is 8.71. The van der Waals surface area contributed by atoms with Crippen LogP contribution in [0.15, 0.2) is 42.5 Å². The maximum Gasteiger partial charge on any atom is 0.139 e. The number of hydrogen-bond acceptors (Lipinski definition) is 4. The molecule has 3 rings (SSSR count). The lowest BCUT2D eigenvalue weighted by Crippen LogP contribution is -2.47. The predicted molar refractivity (Wildman–Crippen MR) is 98.7 cm³/mol. The molecule has 0 aliphatic carbocycles. The van der Waals surface area contributed by atoms with Crippen LogP contribution in [0.25, 0.3) is 0 Å². The smallest absolute Gasteiger partial charge is 0.139 e. The lowest BCUT2D eigenvalue weighted by atomic mass is 10.2. The van der Waals surface area contributed by atoms with E-state index in [1.165, 1.54) is 0 Å². The average Bonchev–Trinajstić information content (AvgIpc) is 2.59. The van der Waals surface area contributed by atoms with Crippen molar-refractivity contribution in [1.82, 2.24) is 4.90 Å². The number of halogens is 2. The number of anilines is 1. The largest absolute Gasteiger partial charge is 0.508 e. The molecule has 2 aromatic carbocycles. The molecule has 1 aliphatic rings. The van der Waals surface area contributed by atoms with Crippen LogP contribution in [-0.4, -0.2) is 49.3 Å². The molecule has 24 heavy (non-hydrogen) atoms. The van der Waals surface area contributed by atoms with Gasteiger partial charge in [0, 0.05) is 49.5 Å². The lowest BCUT2D eigenvalue weighted by Gasteiger charge is -2.36. The molecular weight excluding hydrogens is 347 g/mol. The van der Waals surface area contributed by atoms with Gasteiger partial charge >= 0.3 is 0 Å². The van der Waals surface area contributed by atoms with Crippen molar-refractivity contribution in [3.05, 3.63) is 52.5 Å². The van der Waals surface area contributed by atoms with Gasteiger partial charge in [-0.2, -0.15) is 0 Å². The second-order valence-electron chi connectivity index (χ2n) is 5.77. The maximum atomic E-state index is 9.37. The monoisotopic (exact) mass is 366 g/mol. The van der Waals surface area contributed by atoms with Crippen LogP contribution in [0.1, 0.15) is 0 Å². The Kier molecular flexibility index (Phi) is 5.72. The van der Waals surface area contributed by atoms with Crippen molar-refractivity contribution in [2.45, 2.75) is 0 Å². The summed E-state index contributed by atoms with van der Waals surface area (Å²) in [4.78, 5) is 4.69. The second kappa shape index (κ2) is 7.97. The molecule has 0 bridgehead atoms. The standard InChI is InChI=1S/C18H20Cl2N2O2/c19-14-1-6-17(20)18(13-14)24-12-11-21-7-9-22(10-8-21)15-2-4-16(23)5-3-15/h1-6,13,23H,7-12H2. The Balaban J connectivity index is 1.44. The van der Waals surface area contributed by atoms with Crippen molar-refractivity contribution in [2.75, 3.05) is 44.2 Å². The first-order chi connectivity index (χ1) is 11.6. The van der Waals surface area contributed by atoms with Crippen LogP contribution in [0, 0.1) is 0 Å². The molecule has 6 heteroatoms. The minimum absolute atomic E-state index is 0.300. The lowest BCUT2D eigenvalue weighted by molar-refractivity contribution is 0.200. The Hall–Kier alpha value is -1.62. The molecule has 1 aliphatic heterocycles. The summed E-state index contributed by atoms with van der Waals surface area (Å²) in [5, 5.41) is 10.6. The fraction of sp³-hybridized carbons (Fsp3) is 0.333. The topological polar surface area (TPSA) is 35.9 Å². The van der Waals surface area contributed by atoms with Gasteiger partial charge in [0.2, 0.25) is 0 Å². The summed E-state index contributed by atoms with van der Waals surface area (Å²) in [6.45, 7) is 5.32. The number of hydrogen-bond donors (Lipinski definition) is 1. The third kappa shape index (κ3) is 4.47. The highest BCUT2D eigenvalue weighted by Gasteiger charge is 2.17. The normalized spacial score (nSPS) is 15.5. The van der Waals surface area contributed by atoms with E-state index in [-0.39, 0.29) is 0 Å². The summed E-state index contributed by atoms with van der Waals surface area (Å²) in [7, 11) is 0. The quantitative estimate of drug-likeness (QED) is 0.870. The van der Waals surface area contributed by atoms with Crippen LogP contribution in [-0.2, 0) is 0 Å². The SMILES string of the molecule is Oc1ccc(N2CCN(CCOc3cc(Cl)ccc3Cl)CC2)cc1. The number of nitrogens with zero attached hydrogens (tertiary/aromatic N) is 2. The number of rotatable bonds is 5. The first-order valence-electron chi connectivity index (χ1n) is 7.96. The van der Waals surface area contributed by atoms with Crippen molar-refractivity contribution in [3.63, 3.8) is 0 Å². The third-order valence-corrected chi connectivity index (χ3v) is 4.69. The molecule has 0 spiro atoms. The molecule has 1 saturated heterocycles. The zero-order chi connectivity index (χ0) is 16.9. The fourth-order valence-corrected chi connectivity index (χ4v) is 3.10. The van der Waals surface area contributed by atoms with E-state index in [1.54, 1.807) is 30.3 Å². The van der Waals surface area contributed by atoms with Gasteiger partial charge in [-0.3, -0.25) is 4.90 Å². The second-order valence-corrected chi connectivity index (χ2v) is 6.61. The molecule has 0 radical (unpaired) electrons. The number of piperazine rings is 1. The molecule has 128 valence electrons. The van der Waals surface area contributed by atoms with Gasteiger partial charge in [-0.25, -0.2) is 0 Å². The minimum atomic E-state index is 0.300. The summed E-state index contributed by atoms with van der Waals surface area (Å²) in [6.07, 6.45) is 0. The van der Waals surface area contributed by atoms with Gasteiger partial charge in [-0.1, -0.05) is 23.2 Å². The molecule has 0 amide bonds. The molecule has 1 N–H and O–H groups in total. The van der Waals surface area contributed by atoms with Crippen molar-refractivity contribution in [1.29, 1.82) is 0 Å². The summed E-state index contributed by atoms with van der Waals surface area (Å²) >= 11 is 12.1. The van der Waals surface area contributed by atoms with Crippen LogP contribution in [0.5, 0.6) is 11.5 Å². The van der Waals surface area contributed by atoms with Gasteiger partial charge in [0.25, 0.3) is 0 Å². The van der Waals surface area contributed by atoms with Gasteiger partial charge in [0.15, 0.2) is 0 Å². The average molecular weight is 367 g/mol. The van der Waals surface area contributed by atoms with Crippen LogP contribution in [0.4, 0.5) is 5.69 Å². The molecule has 0 saturated carbocycles. The zero-order valence-corrected chi connectivity index (χ0v) is 14.8. The van der Waals surface area contributed by atoms with E-state index in [4.69, 9.17) is 27.9 Å². The van der Waals surface area contributed by atoms with E-state index in [0.29, 0.717) is 28.2 Å². The molecule has 0 aromatic heterocycles.